The van der Waals surface area contributed by atoms with Crippen LogP contribution in [0.2, 0.25) is 0 Å². The number of carbonyl (C=O) groups excluding carboxylic acids is 2. The van der Waals surface area contributed by atoms with Crippen LogP contribution in [-0.2, 0) is 4.79 Å². The fraction of sp³-hybridized carbons (Fsp3) is 0.200. The molecule has 0 fully saturated rings. The summed E-state index contributed by atoms with van der Waals surface area (Å²) in [5.74, 6) is -0.00782. The van der Waals surface area contributed by atoms with Gasteiger partial charge in [-0.2, -0.15) is 0 Å². The predicted molar refractivity (Wildman–Crippen MR) is 69.9 cm³/mol. The smallest absolute Gasteiger partial charge is 0.321 e. The monoisotopic (exact) mass is 364 g/mol. The van der Waals surface area contributed by atoms with E-state index in [1.807, 2.05) is 6.07 Å². The first kappa shape index (κ1) is 14.0. The van der Waals surface area contributed by atoms with Crippen molar-refractivity contribution >= 4 is 43.8 Å². The third kappa shape index (κ3) is 4.35. The van der Waals surface area contributed by atoms with Gasteiger partial charge in [0.2, 0.25) is 0 Å². The Morgan fingerprint density at radius 3 is 2.41 bits per heavy atom. The zero-order valence-corrected chi connectivity index (χ0v) is 12.1. The van der Waals surface area contributed by atoms with Gasteiger partial charge >= 0.3 is 6.03 Å². The van der Waals surface area contributed by atoms with Crippen LogP contribution in [0.25, 0.3) is 0 Å². The van der Waals surface area contributed by atoms with E-state index in [0.29, 0.717) is 5.75 Å². The fourth-order valence-electron chi connectivity index (χ4n) is 0.983. The van der Waals surface area contributed by atoms with Gasteiger partial charge in [-0.3, -0.25) is 10.1 Å². The molecule has 0 bridgehead atoms. The Morgan fingerprint density at radius 2 is 1.88 bits per heavy atom. The molecule has 0 aromatic heterocycles. The average molecular weight is 366 g/mol. The Morgan fingerprint density at radius 1 is 1.29 bits per heavy atom. The summed E-state index contributed by atoms with van der Waals surface area (Å²) in [5.41, 5.74) is 0. The highest BCUT2D eigenvalue weighted by Gasteiger charge is 2.10. The first-order chi connectivity index (χ1) is 8.04. The van der Waals surface area contributed by atoms with Crippen LogP contribution in [-0.4, -0.2) is 25.6 Å². The molecule has 3 amide bonds. The lowest BCUT2D eigenvalue weighted by molar-refractivity contribution is -0.122. The molecule has 2 N–H and O–H groups in total. The zero-order valence-electron chi connectivity index (χ0n) is 8.92. The van der Waals surface area contributed by atoms with Crippen LogP contribution < -0.4 is 15.4 Å². The number of benzene rings is 1. The number of hydrogen-bond donors (Lipinski definition) is 2. The van der Waals surface area contributed by atoms with E-state index in [9.17, 15) is 9.59 Å². The SMILES string of the molecule is CNC(=O)NC(=O)COc1c(Br)cccc1Br. The molecule has 1 rings (SSSR count). The highest BCUT2D eigenvalue weighted by atomic mass is 79.9. The Hall–Kier alpha value is -1.08. The van der Waals surface area contributed by atoms with Gasteiger partial charge in [0, 0.05) is 7.05 Å². The van der Waals surface area contributed by atoms with Crippen LogP contribution in [0.1, 0.15) is 0 Å². The molecule has 0 spiro atoms. The fourth-order valence-corrected chi connectivity index (χ4v) is 2.21. The van der Waals surface area contributed by atoms with Crippen molar-refractivity contribution in [1.82, 2.24) is 10.6 Å². The molecule has 0 radical (unpaired) electrons. The van der Waals surface area contributed by atoms with Crippen LogP contribution >= 0.6 is 31.9 Å². The topological polar surface area (TPSA) is 67.4 Å². The third-order valence-corrected chi connectivity index (χ3v) is 3.00. The van der Waals surface area contributed by atoms with Crippen molar-refractivity contribution in [2.45, 2.75) is 0 Å². The molecule has 0 atom stereocenters. The van der Waals surface area contributed by atoms with Crippen LogP contribution in [0, 0.1) is 0 Å². The van der Waals surface area contributed by atoms with Crippen molar-refractivity contribution < 1.29 is 14.3 Å². The second-order valence-electron chi connectivity index (χ2n) is 2.97. The largest absolute Gasteiger partial charge is 0.481 e. The maximum absolute atomic E-state index is 11.3. The maximum atomic E-state index is 11.3. The number of para-hydroxylation sites is 1. The van der Waals surface area contributed by atoms with Crippen molar-refractivity contribution in [3.05, 3.63) is 27.1 Å². The van der Waals surface area contributed by atoms with Gasteiger partial charge in [-0.05, 0) is 44.0 Å². The molecular weight excluding hydrogens is 356 g/mol. The maximum Gasteiger partial charge on any atom is 0.321 e. The van der Waals surface area contributed by atoms with Crippen LogP contribution in [0.15, 0.2) is 27.1 Å². The second-order valence-corrected chi connectivity index (χ2v) is 4.68. The second kappa shape index (κ2) is 6.61. The highest BCUT2D eigenvalue weighted by molar-refractivity contribution is 9.11. The standard InChI is InChI=1S/C10H10Br2N2O3/c1-13-10(16)14-8(15)5-17-9-6(11)3-2-4-7(9)12/h2-4H,5H2,1H3,(H2,13,14,15,16). The van der Waals surface area contributed by atoms with Crippen LogP contribution in [0.5, 0.6) is 5.75 Å². The molecule has 0 saturated heterocycles. The summed E-state index contributed by atoms with van der Waals surface area (Å²) in [5, 5.41) is 4.37. The number of carbonyl (C=O) groups is 2. The van der Waals surface area contributed by atoms with E-state index in [1.165, 1.54) is 7.05 Å². The molecule has 1 aromatic rings. The molecule has 0 unspecified atom stereocenters. The van der Waals surface area contributed by atoms with E-state index in [1.54, 1.807) is 12.1 Å². The minimum atomic E-state index is -0.565. The van der Waals surface area contributed by atoms with Gasteiger partial charge in [-0.15, -0.1) is 0 Å². The Balaban J connectivity index is 2.56. The number of amides is 3. The number of hydrogen-bond acceptors (Lipinski definition) is 3. The molecule has 92 valence electrons. The van der Waals surface area contributed by atoms with Gasteiger partial charge < -0.3 is 10.1 Å². The summed E-state index contributed by atoms with van der Waals surface area (Å²) >= 11 is 6.59. The number of rotatable bonds is 3. The summed E-state index contributed by atoms with van der Waals surface area (Å²) in [6, 6.07) is 4.84. The minimum Gasteiger partial charge on any atom is -0.481 e. The first-order valence-corrected chi connectivity index (χ1v) is 6.21. The van der Waals surface area contributed by atoms with E-state index in [-0.39, 0.29) is 6.61 Å². The molecule has 0 aliphatic rings. The number of ether oxygens (including phenoxy) is 1. The van der Waals surface area contributed by atoms with E-state index < -0.39 is 11.9 Å². The minimum absolute atomic E-state index is 0.241. The van der Waals surface area contributed by atoms with E-state index >= 15 is 0 Å². The zero-order chi connectivity index (χ0) is 12.8. The van der Waals surface area contributed by atoms with Crippen molar-refractivity contribution in [2.75, 3.05) is 13.7 Å². The number of halogens is 2. The molecule has 1 aromatic carbocycles. The molecule has 0 aliphatic carbocycles. The van der Waals surface area contributed by atoms with Crippen LogP contribution in [0.4, 0.5) is 4.79 Å². The van der Waals surface area contributed by atoms with E-state index in [0.717, 1.165) is 8.95 Å². The van der Waals surface area contributed by atoms with Crippen molar-refractivity contribution in [2.24, 2.45) is 0 Å². The Kier molecular flexibility index (Phi) is 5.43. The molecule has 0 aliphatic heterocycles. The van der Waals surface area contributed by atoms with Gasteiger partial charge in [0.1, 0.15) is 5.75 Å². The molecular formula is C10H10Br2N2O3. The van der Waals surface area contributed by atoms with Crippen molar-refractivity contribution in [1.29, 1.82) is 0 Å². The molecule has 17 heavy (non-hydrogen) atoms. The summed E-state index contributed by atoms with van der Waals surface area (Å²) in [6.07, 6.45) is 0. The molecule has 7 heteroatoms. The summed E-state index contributed by atoms with van der Waals surface area (Å²) in [7, 11) is 1.42. The van der Waals surface area contributed by atoms with Gasteiger partial charge in [0.05, 0.1) is 8.95 Å². The predicted octanol–water partition coefficient (Wildman–Crippen LogP) is 2.05. The molecule has 0 heterocycles. The molecule has 0 saturated carbocycles. The van der Waals surface area contributed by atoms with Gasteiger partial charge in [0.15, 0.2) is 6.61 Å². The number of urea groups is 1. The number of imide groups is 1. The molecule has 5 nitrogen and oxygen atoms in total. The van der Waals surface area contributed by atoms with Gasteiger partial charge in [-0.25, -0.2) is 4.79 Å². The summed E-state index contributed by atoms with van der Waals surface area (Å²) in [4.78, 5) is 22.1. The average Bonchev–Trinajstić information content (AvgIpc) is 2.28. The summed E-state index contributed by atoms with van der Waals surface area (Å²) < 4.78 is 6.73. The number of nitrogens with one attached hydrogen (secondary N) is 2. The normalized spacial score (nSPS) is 9.59. The third-order valence-electron chi connectivity index (χ3n) is 1.75. The van der Waals surface area contributed by atoms with Gasteiger partial charge in [0.25, 0.3) is 5.91 Å². The lowest BCUT2D eigenvalue weighted by Gasteiger charge is -2.09. The summed E-state index contributed by atoms with van der Waals surface area (Å²) in [6.45, 7) is -0.241. The lowest BCUT2D eigenvalue weighted by Crippen LogP contribution is -2.40. The Labute approximate surface area is 115 Å². The van der Waals surface area contributed by atoms with E-state index in [4.69, 9.17) is 4.74 Å². The quantitative estimate of drug-likeness (QED) is 0.861. The van der Waals surface area contributed by atoms with Gasteiger partial charge in [-0.1, -0.05) is 6.07 Å². The van der Waals surface area contributed by atoms with Crippen LogP contribution in [0.3, 0.4) is 0 Å². The van der Waals surface area contributed by atoms with Crippen molar-refractivity contribution in [3.8, 4) is 5.75 Å². The van der Waals surface area contributed by atoms with Crippen molar-refractivity contribution in [3.63, 3.8) is 0 Å². The van der Waals surface area contributed by atoms with E-state index in [2.05, 4.69) is 42.5 Å². The lowest BCUT2D eigenvalue weighted by atomic mass is 10.3. The Bertz CT molecular complexity index is 417. The highest BCUT2D eigenvalue weighted by Crippen LogP contribution is 2.32. The first-order valence-electron chi connectivity index (χ1n) is 4.63.